The van der Waals surface area contributed by atoms with Crippen molar-refractivity contribution in [3.63, 3.8) is 0 Å². The molecule has 0 saturated heterocycles. The van der Waals surface area contributed by atoms with Crippen LogP contribution in [-0.4, -0.2) is 18.7 Å². The quantitative estimate of drug-likeness (QED) is 0.656. The first-order valence-corrected chi connectivity index (χ1v) is 7.66. The summed E-state index contributed by atoms with van der Waals surface area (Å²) in [6, 6.07) is 11.5. The van der Waals surface area contributed by atoms with E-state index >= 15 is 0 Å². The van der Waals surface area contributed by atoms with E-state index in [1.807, 2.05) is 57.2 Å². The second kappa shape index (κ2) is 7.64. The van der Waals surface area contributed by atoms with Gasteiger partial charge in [0.1, 0.15) is 24.3 Å². The Balaban J connectivity index is 2.26. The Morgan fingerprint density at radius 3 is 2.29 bits per heavy atom. The van der Waals surface area contributed by atoms with Crippen molar-refractivity contribution in [1.29, 1.82) is 0 Å². The number of carbonyl (C=O) groups is 1. The van der Waals surface area contributed by atoms with E-state index in [1.54, 1.807) is 6.92 Å². The van der Waals surface area contributed by atoms with Crippen LogP contribution < -0.4 is 10.1 Å². The SMILES string of the molecule is CO/N=C(\C)C(=O)Nc1cccc(Oc2cccc(C)c2C)c1C. The number of hydrogen-bond acceptors (Lipinski definition) is 4. The first kappa shape index (κ1) is 17.5. The number of amides is 1. The van der Waals surface area contributed by atoms with Gasteiger partial charge in [0.05, 0.1) is 0 Å². The van der Waals surface area contributed by atoms with Crippen molar-refractivity contribution in [2.24, 2.45) is 5.16 Å². The molecule has 0 unspecified atom stereocenters. The van der Waals surface area contributed by atoms with Gasteiger partial charge in [0.25, 0.3) is 5.91 Å². The van der Waals surface area contributed by atoms with Crippen LogP contribution in [0.15, 0.2) is 41.6 Å². The lowest BCUT2D eigenvalue weighted by Crippen LogP contribution is -2.21. The van der Waals surface area contributed by atoms with Gasteiger partial charge in [-0.1, -0.05) is 23.4 Å². The zero-order valence-corrected chi connectivity index (χ0v) is 14.6. The fourth-order valence-electron chi connectivity index (χ4n) is 2.20. The highest BCUT2D eigenvalue weighted by atomic mass is 16.6. The Bertz CT molecular complexity index is 782. The van der Waals surface area contributed by atoms with Gasteiger partial charge in [0.2, 0.25) is 0 Å². The third-order valence-corrected chi connectivity index (χ3v) is 3.86. The molecule has 2 rings (SSSR count). The van der Waals surface area contributed by atoms with Gasteiger partial charge in [0.15, 0.2) is 0 Å². The maximum Gasteiger partial charge on any atom is 0.273 e. The molecule has 0 aromatic heterocycles. The minimum Gasteiger partial charge on any atom is -0.457 e. The lowest BCUT2D eigenvalue weighted by Gasteiger charge is -2.15. The lowest BCUT2D eigenvalue weighted by molar-refractivity contribution is -0.110. The van der Waals surface area contributed by atoms with E-state index < -0.39 is 0 Å². The van der Waals surface area contributed by atoms with Crippen molar-refractivity contribution in [3.05, 3.63) is 53.1 Å². The number of ether oxygens (including phenoxy) is 1. The summed E-state index contributed by atoms with van der Waals surface area (Å²) >= 11 is 0. The summed E-state index contributed by atoms with van der Waals surface area (Å²) in [4.78, 5) is 16.7. The fourth-order valence-corrected chi connectivity index (χ4v) is 2.20. The molecule has 126 valence electrons. The van der Waals surface area contributed by atoms with Crippen LogP contribution in [0.2, 0.25) is 0 Å². The van der Waals surface area contributed by atoms with Gasteiger partial charge < -0.3 is 14.9 Å². The summed E-state index contributed by atoms with van der Waals surface area (Å²) in [6.07, 6.45) is 0. The Morgan fingerprint density at radius 1 is 1.00 bits per heavy atom. The molecule has 2 aromatic carbocycles. The number of nitrogens with zero attached hydrogens (tertiary/aromatic N) is 1. The molecule has 0 radical (unpaired) electrons. The maximum atomic E-state index is 12.1. The van der Waals surface area contributed by atoms with Crippen LogP contribution in [0.5, 0.6) is 11.5 Å². The molecule has 1 N–H and O–H groups in total. The van der Waals surface area contributed by atoms with Gasteiger partial charge in [-0.25, -0.2) is 0 Å². The Kier molecular flexibility index (Phi) is 5.58. The highest BCUT2D eigenvalue weighted by molar-refractivity contribution is 6.42. The second-order valence-corrected chi connectivity index (χ2v) is 5.54. The van der Waals surface area contributed by atoms with Gasteiger partial charge >= 0.3 is 0 Å². The molecule has 5 heteroatoms. The molecule has 5 nitrogen and oxygen atoms in total. The number of oxime groups is 1. The van der Waals surface area contributed by atoms with Crippen LogP contribution in [0.3, 0.4) is 0 Å². The smallest absolute Gasteiger partial charge is 0.273 e. The third kappa shape index (κ3) is 3.93. The molecule has 24 heavy (non-hydrogen) atoms. The normalized spacial score (nSPS) is 11.1. The van der Waals surface area contributed by atoms with Crippen molar-refractivity contribution in [1.82, 2.24) is 0 Å². The van der Waals surface area contributed by atoms with Crippen molar-refractivity contribution in [2.45, 2.75) is 27.7 Å². The predicted octanol–water partition coefficient (Wildman–Crippen LogP) is 4.36. The molecule has 0 spiro atoms. The first-order valence-electron chi connectivity index (χ1n) is 7.66. The molecule has 0 saturated carbocycles. The van der Waals surface area contributed by atoms with Gasteiger partial charge in [-0.05, 0) is 57.0 Å². The molecule has 0 aliphatic carbocycles. The average molecular weight is 326 g/mol. The number of aryl methyl sites for hydroxylation is 1. The Morgan fingerprint density at radius 2 is 1.62 bits per heavy atom. The average Bonchev–Trinajstić information content (AvgIpc) is 2.55. The molecule has 0 heterocycles. The molecule has 0 aliphatic heterocycles. The number of carbonyl (C=O) groups excluding carboxylic acids is 1. The van der Waals surface area contributed by atoms with Crippen molar-refractivity contribution < 1.29 is 14.4 Å². The van der Waals surface area contributed by atoms with E-state index in [0.29, 0.717) is 11.4 Å². The minimum absolute atomic E-state index is 0.248. The van der Waals surface area contributed by atoms with Crippen LogP contribution in [-0.2, 0) is 9.63 Å². The van der Waals surface area contributed by atoms with E-state index in [0.717, 1.165) is 16.9 Å². The molecule has 0 aliphatic rings. The molecule has 0 fully saturated rings. The third-order valence-electron chi connectivity index (χ3n) is 3.86. The summed E-state index contributed by atoms with van der Waals surface area (Å²) in [6.45, 7) is 7.56. The van der Waals surface area contributed by atoms with Crippen LogP contribution >= 0.6 is 0 Å². The standard InChI is InChI=1S/C19H22N2O3/c1-12-8-6-10-17(13(12)2)24-18-11-7-9-16(14(18)3)20-19(22)15(4)21-23-5/h6-11H,1-5H3,(H,20,22)/b21-15+. The van der Waals surface area contributed by atoms with Crippen LogP contribution in [0, 0.1) is 20.8 Å². The summed E-state index contributed by atoms with van der Waals surface area (Å²) in [5.74, 6) is 1.19. The van der Waals surface area contributed by atoms with E-state index in [-0.39, 0.29) is 11.6 Å². The largest absolute Gasteiger partial charge is 0.457 e. The molecule has 0 atom stereocenters. The van der Waals surface area contributed by atoms with Crippen LogP contribution in [0.4, 0.5) is 5.69 Å². The number of rotatable bonds is 5. The molecule has 2 aromatic rings. The topological polar surface area (TPSA) is 59.9 Å². The van der Waals surface area contributed by atoms with Gasteiger partial charge in [0, 0.05) is 11.3 Å². The van der Waals surface area contributed by atoms with E-state index in [1.165, 1.54) is 12.7 Å². The summed E-state index contributed by atoms with van der Waals surface area (Å²) < 4.78 is 6.04. The Hall–Kier alpha value is -2.82. The monoisotopic (exact) mass is 326 g/mol. The zero-order chi connectivity index (χ0) is 17.7. The van der Waals surface area contributed by atoms with Crippen molar-refractivity contribution in [2.75, 3.05) is 12.4 Å². The first-order chi connectivity index (χ1) is 11.4. The molecule has 1 amide bonds. The number of hydrogen-bond donors (Lipinski definition) is 1. The lowest BCUT2D eigenvalue weighted by atomic mass is 10.1. The summed E-state index contributed by atoms with van der Waals surface area (Å²) in [5.41, 5.74) is 4.03. The zero-order valence-electron chi connectivity index (χ0n) is 14.6. The van der Waals surface area contributed by atoms with E-state index in [2.05, 4.69) is 15.3 Å². The second-order valence-electron chi connectivity index (χ2n) is 5.54. The van der Waals surface area contributed by atoms with Gasteiger partial charge in [-0.3, -0.25) is 4.79 Å². The van der Waals surface area contributed by atoms with Crippen LogP contribution in [0.1, 0.15) is 23.6 Å². The van der Waals surface area contributed by atoms with Crippen molar-refractivity contribution in [3.8, 4) is 11.5 Å². The van der Waals surface area contributed by atoms with Crippen molar-refractivity contribution >= 4 is 17.3 Å². The van der Waals surface area contributed by atoms with E-state index in [4.69, 9.17) is 4.74 Å². The molecular weight excluding hydrogens is 304 g/mol. The molecular formula is C19H22N2O3. The Labute approximate surface area is 142 Å². The van der Waals surface area contributed by atoms with E-state index in [9.17, 15) is 4.79 Å². The summed E-state index contributed by atoms with van der Waals surface area (Å²) in [5, 5.41) is 6.45. The van der Waals surface area contributed by atoms with Gasteiger partial charge in [-0.2, -0.15) is 0 Å². The highest BCUT2D eigenvalue weighted by Crippen LogP contribution is 2.32. The minimum atomic E-state index is -0.316. The predicted molar refractivity (Wildman–Crippen MR) is 95.9 cm³/mol. The maximum absolute atomic E-state index is 12.1. The van der Waals surface area contributed by atoms with Crippen LogP contribution in [0.25, 0.3) is 0 Å². The highest BCUT2D eigenvalue weighted by Gasteiger charge is 2.12. The number of benzene rings is 2. The fraction of sp³-hybridized carbons (Fsp3) is 0.263. The summed E-state index contributed by atoms with van der Waals surface area (Å²) in [7, 11) is 1.40. The number of anilines is 1. The number of nitrogens with one attached hydrogen (secondary N) is 1. The van der Waals surface area contributed by atoms with Gasteiger partial charge in [-0.15, -0.1) is 0 Å². The molecule has 0 bridgehead atoms.